The molecule has 2 fully saturated rings. The van der Waals surface area contributed by atoms with Crippen LogP contribution in [0.5, 0.6) is 5.75 Å². The third-order valence-electron chi connectivity index (χ3n) is 10.8. The van der Waals surface area contributed by atoms with Crippen molar-refractivity contribution in [3.8, 4) is 16.9 Å². The van der Waals surface area contributed by atoms with Gasteiger partial charge >= 0.3 is 0 Å². The van der Waals surface area contributed by atoms with Crippen molar-refractivity contribution in [1.82, 2.24) is 0 Å². The summed E-state index contributed by atoms with van der Waals surface area (Å²) in [5.41, 5.74) is -5.23. The second-order valence-electron chi connectivity index (χ2n) is 13.2. The number of ketones is 6. The van der Waals surface area contributed by atoms with E-state index < -0.39 is 86.8 Å². The first kappa shape index (κ1) is 30.6. The van der Waals surface area contributed by atoms with Crippen LogP contribution in [0.25, 0.3) is 11.1 Å². The number of carbonyl (C=O) groups excluding carboxylic acids is 6. The topological polar surface area (TPSA) is 163 Å². The highest BCUT2D eigenvalue weighted by Crippen LogP contribution is 2.66. The smallest absolute Gasteiger partial charge is 0.191 e. The van der Waals surface area contributed by atoms with Crippen molar-refractivity contribution in [2.75, 3.05) is 0 Å². The molecule has 226 valence electrons. The number of rotatable bonds is 4. The Morgan fingerprint density at radius 3 is 2.00 bits per heavy atom. The largest absolute Gasteiger partial charge is 0.507 e. The fraction of sp³-hybridized carbons (Fsp3) is 0.471. The Morgan fingerprint density at radius 1 is 0.907 bits per heavy atom. The van der Waals surface area contributed by atoms with Gasteiger partial charge < -0.3 is 15.3 Å². The van der Waals surface area contributed by atoms with E-state index in [1.165, 1.54) is 20.8 Å². The molecule has 2 aromatic carbocycles. The Morgan fingerprint density at radius 2 is 1.49 bits per heavy atom. The molecule has 5 rings (SSSR count). The summed E-state index contributed by atoms with van der Waals surface area (Å²) in [5, 5.41) is 35.9. The SMILES string of the molecule is CC(=O)c1ccc(-c2ccc3c(c2O)C(=O)C2C(=O)[C@@]4(O)C(=O)C(C(C)=O)C(=O)C(C(C)C)[C@@]4(C)[C@H](O)[C@@]2(C)[C@@H]3C)cc1. The van der Waals surface area contributed by atoms with Gasteiger partial charge in [-0.2, -0.15) is 0 Å². The lowest BCUT2D eigenvalue weighted by molar-refractivity contribution is -0.240. The average molecular weight is 589 g/mol. The number of aliphatic hydroxyl groups excluding tert-OH is 1. The van der Waals surface area contributed by atoms with E-state index in [0.29, 0.717) is 16.7 Å². The Hall–Kier alpha value is -3.82. The molecule has 0 bridgehead atoms. The molecule has 0 radical (unpaired) electrons. The molecular formula is C34H36O9. The summed E-state index contributed by atoms with van der Waals surface area (Å²) in [4.78, 5) is 80.6. The van der Waals surface area contributed by atoms with Gasteiger partial charge in [0.15, 0.2) is 34.5 Å². The van der Waals surface area contributed by atoms with Gasteiger partial charge in [0, 0.05) is 27.9 Å². The van der Waals surface area contributed by atoms with Crippen LogP contribution in [0, 0.1) is 34.5 Å². The van der Waals surface area contributed by atoms with Crippen LogP contribution in [-0.4, -0.2) is 61.7 Å². The number of hydrogen-bond donors (Lipinski definition) is 3. The number of carbonyl (C=O) groups is 6. The molecule has 3 N–H and O–H groups in total. The van der Waals surface area contributed by atoms with Crippen molar-refractivity contribution in [1.29, 1.82) is 0 Å². The molecule has 0 spiro atoms. The van der Waals surface area contributed by atoms with E-state index in [2.05, 4.69) is 0 Å². The normalized spacial score (nSPS) is 35.3. The maximum absolute atomic E-state index is 14.5. The second-order valence-corrected chi connectivity index (χ2v) is 13.2. The second kappa shape index (κ2) is 9.59. The van der Waals surface area contributed by atoms with E-state index in [1.54, 1.807) is 57.2 Å². The van der Waals surface area contributed by atoms with Crippen molar-refractivity contribution < 1.29 is 44.1 Å². The first-order chi connectivity index (χ1) is 19.9. The van der Waals surface area contributed by atoms with E-state index in [0.717, 1.165) is 6.92 Å². The zero-order chi connectivity index (χ0) is 32.1. The predicted molar refractivity (Wildman–Crippen MR) is 154 cm³/mol. The van der Waals surface area contributed by atoms with Crippen LogP contribution in [0.3, 0.4) is 0 Å². The molecule has 9 nitrogen and oxygen atoms in total. The Bertz CT molecular complexity index is 1640. The number of phenols is 1. The summed E-state index contributed by atoms with van der Waals surface area (Å²) in [6, 6.07) is 9.66. The van der Waals surface area contributed by atoms with Gasteiger partial charge in [-0.1, -0.05) is 71.0 Å². The van der Waals surface area contributed by atoms with E-state index in [9.17, 15) is 44.1 Å². The lowest BCUT2D eigenvalue weighted by Crippen LogP contribution is -2.81. The monoisotopic (exact) mass is 588 g/mol. The zero-order valence-corrected chi connectivity index (χ0v) is 25.2. The number of fused-ring (bicyclic) bond motifs is 3. The molecule has 8 atom stereocenters. The number of hydrogen-bond acceptors (Lipinski definition) is 9. The maximum Gasteiger partial charge on any atom is 0.191 e. The molecule has 3 aliphatic carbocycles. The predicted octanol–water partition coefficient (Wildman–Crippen LogP) is 3.49. The zero-order valence-electron chi connectivity index (χ0n) is 25.2. The van der Waals surface area contributed by atoms with Gasteiger partial charge in [-0.05, 0) is 36.8 Å². The average Bonchev–Trinajstić information content (AvgIpc) is 2.93. The van der Waals surface area contributed by atoms with Gasteiger partial charge in [0.25, 0.3) is 0 Å². The molecule has 2 aromatic rings. The summed E-state index contributed by atoms with van der Waals surface area (Å²) in [6.07, 6.45) is -1.71. The fourth-order valence-corrected chi connectivity index (χ4v) is 8.47. The van der Waals surface area contributed by atoms with E-state index in [-0.39, 0.29) is 16.9 Å². The molecular weight excluding hydrogens is 552 g/mol. The van der Waals surface area contributed by atoms with Crippen LogP contribution in [0.15, 0.2) is 36.4 Å². The highest BCUT2D eigenvalue weighted by molar-refractivity contribution is 6.33. The summed E-state index contributed by atoms with van der Waals surface area (Å²) >= 11 is 0. The van der Waals surface area contributed by atoms with Crippen LogP contribution < -0.4 is 0 Å². The first-order valence-corrected chi connectivity index (χ1v) is 14.4. The van der Waals surface area contributed by atoms with Crippen molar-refractivity contribution >= 4 is 34.7 Å². The van der Waals surface area contributed by atoms with Gasteiger partial charge in [0.1, 0.15) is 17.5 Å². The number of benzene rings is 2. The molecule has 3 aliphatic rings. The quantitative estimate of drug-likeness (QED) is 0.358. The number of Topliss-reactive ketones (excluding diaryl/α,β-unsaturated/α-hetero) is 6. The van der Waals surface area contributed by atoms with Gasteiger partial charge in [0.2, 0.25) is 0 Å². The van der Waals surface area contributed by atoms with E-state index >= 15 is 0 Å². The molecule has 0 amide bonds. The third-order valence-corrected chi connectivity index (χ3v) is 10.8. The van der Waals surface area contributed by atoms with Crippen LogP contribution in [0.2, 0.25) is 0 Å². The molecule has 43 heavy (non-hydrogen) atoms. The fourth-order valence-electron chi connectivity index (χ4n) is 8.47. The maximum atomic E-state index is 14.5. The number of phenolic OH excluding ortho intramolecular Hbond substituents is 1. The van der Waals surface area contributed by atoms with Crippen molar-refractivity contribution in [2.24, 2.45) is 34.5 Å². The third kappa shape index (κ3) is 3.58. The minimum atomic E-state index is -3.02. The Labute approximate surface area is 249 Å². The minimum Gasteiger partial charge on any atom is -0.507 e. The van der Waals surface area contributed by atoms with Crippen molar-refractivity contribution in [3.63, 3.8) is 0 Å². The van der Waals surface area contributed by atoms with Gasteiger partial charge in [-0.25, -0.2) is 0 Å². The van der Waals surface area contributed by atoms with E-state index in [1.807, 2.05) is 0 Å². The van der Waals surface area contributed by atoms with Crippen molar-refractivity contribution in [3.05, 3.63) is 53.1 Å². The standard InChI is InChI=1S/C34H36O9/c1-14(2)24-27(38)22(17(5)36)29(40)34(43)30(41)25-28(39)23-20(15(3)32(25,6)31(42)33(24,34)7)12-13-21(26(23)37)19-10-8-18(9-11-19)16(4)35/h8-15,22,24-25,31,37,42-43H,1-7H3/t15-,22?,24?,25?,31-,32+,33+,34+/m1/s1. The first-order valence-electron chi connectivity index (χ1n) is 14.4. The number of aromatic hydroxyl groups is 1. The lowest BCUT2D eigenvalue weighted by Gasteiger charge is -2.65. The molecule has 3 unspecified atom stereocenters. The molecule has 0 heterocycles. The molecule has 0 aliphatic heterocycles. The Kier molecular flexibility index (Phi) is 6.83. The van der Waals surface area contributed by atoms with Crippen molar-refractivity contribution in [2.45, 2.75) is 66.1 Å². The van der Waals surface area contributed by atoms with Crippen LogP contribution >= 0.6 is 0 Å². The highest BCUT2D eigenvalue weighted by atomic mass is 16.3. The molecule has 2 saturated carbocycles. The number of aliphatic hydroxyl groups is 2. The summed E-state index contributed by atoms with van der Waals surface area (Å²) in [7, 11) is 0. The molecule has 0 saturated heterocycles. The molecule has 9 heteroatoms. The van der Waals surface area contributed by atoms with Gasteiger partial charge in [-0.3, -0.25) is 28.8 Å². The summed E-state index contributed by atoms with van der Waals surface area (Å²) in [6.45, 7) is 10.3. The summed E-state index contributed by atoms with van der Waals surface area (Å²) < 4.78 is 0. The van der Waals surface area contributed by atoms with Crippen LogP contribution in [0.1, 0.15) is 80.7 Å². The van der Waals surface area contributed by atoms with Crippen LogP contribution in [-0.2, 0) is 19.2 Å². The molecule has 0 aromatic heterocycles. The summed E-state index contributed by atoms with van der Waals surface area (Å²) in [5.74, 6) is -11.8. The van der Waals surface area contributed by atoms with E-state index in [4.69, 9.17) is 0 Å². The lowest BCUT2D eigenvalue weighted by atomic mass is 9.37. The minimum absolute atomic E-state index is 0.144. The van der Waals surface area contributed by atoms with Gasteiger partial charge in [-0.15, -0.1) is 0 Å². The van der Waals surface area contributed by atoms with Gasteiger partial charge in [0.05, 0.1) is 17.6 Å². The Balaban J connectivity index is 1.75. The van der Waals surface area contributed by atoms with Crippen LogP contribution in [0.4, 0.5) is 0 Å². The highest BCUT2D eigenvalue weighted by Gasteiger charge is 2.80.